The quantitative estimate of drug-likeness (QED) is 0.826. The minimum absolute atomic E-state index is 0.213. The molecule has 0 saturated heterocycles. The smallest absolute Gasteiger partial charge is 0.322 e. The molecule has 2 N–H and O–H groups in total. The monoisotopic (exact) mass is 230 g/mol. The summed E-state index contributed by atoms with van der Waals surface area (Å²) in [6, 6.07) is 9.13. The van der Waals surface area contributed by atoms with Crippen LogP contribution in [0.2, 0.25) is 0 Å². The van der Waals surface area contributed by atoms with Gasteiger partial charge in [0.05, 0.1) is 0 Å². The zero-order chi connectivity index (χ0) is 12.3. The van der Waals surface area contributed by atoms with Gasteiger partial charge in [0.15, 0.2) is 0 Å². The van der Waals surface area contributed by atoms with Gasteiger partial charge < -0.3 is 10.4 Å². The van der Waals surface area contributed by atoms with Gasteiger partial charge in [-0.25, -0.2) is 0 Å². The maximum absolute atomic E-state index is 11.6. The molecule has 86 valence electrons. The van der Waals surface area contributed by atoms with Crippen molar-refractivity contribution < 1.29 is 14.7 Å². The van der Waals surface area contributed by atoms with Crippen molar-refractivity contribution in [3.8, 4) is 0 Å². The molecule has 1 heterocycles. The molecule has 0 aliphatic rings. The minimum atomic E-state index is -1.08. The lowest BCUT2D eigenvalue weighted by Crippen LogP contribution is -2.29. The maximum atomic E-state index is 11.6. The van der Waals surface area contributed by atoms with Crippen LogP contribution in [0.25, 0.3) is 10.8 Å². The number of nitrogens with zero attached hydrogens (tertiary/aromatic N) is 1. The van der Waals surface area contributed by atoms with E-state index < -0.39 is 18.4 Å². The van der Waals surface area contributed by atoms with E-state index in [1.807, 2.05) is 24.3 Å². The van der Waals surface area contributed by atoms with Crippen LogP contribution in [-0.4, -0.2) is 28.5 Å². The molecule has 17 heavy (non-hydrogen) atoms. The van der Waals surface area contributed by atoms with E-state index in [1.54, 1.807) is 12.3 Å². The van der Waals surface area contributed by atoms with Gasteiger partial charge in [0.25, 0.3) is 5.91 Å². The van der Waals surface area contributed by atoms with E-state index in [-0.39, 0.29) is 5.69 Å². The van der Waals surface area contributed by atoms with Gasteiger partial charge in [-0.05, 0) is 11.5 Å². The van der Waals surface area contributed by atoms with E-state index in [0.29, 0.717) is 0 Å². The first-order valence-corrected chi connectivity index (χ1v) is 5.01. The Morgan fingerprint density at radius 2 is 1.94 bits per heavy atom. The third-order valence-electron chi connectivity index (χ3n) is 2.26. The van der Waals surface area contributed by atoms with E-state index >= 15 is 0 Å². The molecule has 1 amide bonds. The second-order valence-electron chi connectivity index (χ2n) is 3.49. The summed E-state index contributed by atoms with van der Waals surface area (Å²) in [7, 11) is 0. The van der Waals surface area contributed by atoms with Crippen molar-refractivity contribution in [3.05, 3.63) is 42.2 Å². The summed E-state index contributed by atoms with van der Waals surface area (Å²) < 4.78 is 0. The summed E-state index contributed by atoms with van der Waals surface area (Å²) in [5, 5.41) is 12.5. The molecule has 0 aliphatic heterocycles. The number of amides is 1. The highest BCUT2D eigenvalue weighted by molar-refractivity contribution is 5.97. The van der Waals surface area contributed by atoms with Crippen molar-refractivity contribution in [2.75, 3.05) is 6.54 Å². The Bertz CT molecular complexity index is 581. The molecule has 5 heteroatoms. The van der Waals surface area contributed by atoms with E-state index in [1.165, 1.54) is 0 Å². The lowest BCUT2D eigenvalue weighted by molar-refractivity contribution is -0.135. The third kappa shape index (κ3) is 2.57. The van der Waals surface area contributed by atoms with Crippen molar-refractivity contribution in [1.82, 2.24) is 10.3 Å². The molecule has 5 nitrogen and oxygen atoms in total. The molecule has 0 spiro atoms. The minimum Gasteiger partial charge on any atom is -0.480 e. The van der Waals surface area contributed by atoms with Crippen LogP contribution in [-0.2, 0) is 4.79 Å². The van der Waals surface area contributed by atoms with Gasteiger partial charge in [-0.15, -0.1) is 0 Å². The summed E-state index contributed by atoms with van der Waals surface area (Å²) >= 11 is 0. The number of carboxylic acid groups (broad SMARTS) is 1. The highest BCUT2D eigenvalue weighted by Gasteiger charge is 2.08. The Kier molecular flexibility index (Phi) is 3.00. The Morgan fingerprint density at radius 3 is 2.65 bits per heavy atom. The number of hydrogen-bond donors (Lipinski definition) is 2. The second-order valence-corrected chi connectivity index (χ2v) is 3.49. The molecule has 0 aliphatic carbocycles. The van der Waals surface area contributed by atoms with Crippen LogP contribution in [0.1, 0.15) is 10.5 Å². The Hall–Kier alpha value is -2.43. The highest BCUT2D eigenvalue weighted by atomic mass is 16.4. The molecular weight excluding hydrogens is 220 g/mol. The number of aromatic nitrogens is 1. The molecular formula is C12H10N2O3. The summed E-state index contributed by atoms with van der Waals surface area (Å²) in [5.41, 5.74) is 0.213. The van der Waals surface area contributed by atoms with Gasteiger partial charge in [0, 0.05) is 11.6 Å². The number of rotatable bonds is 3. The van der Waals surface area contributed by atoms with Crippen molar-refractivity contribution in [2.45, 2.75) is 0 Å². The largest absolute Gasteiger partial charge is 0.480 e. The van der Waals surface area contributed by atoms with E-state index in [0.717, 1.165) is 10.8 Å². The Labute approximate surface area is 97.1 Å². The maximum Gasteiger partial charge on any atom is 0.322 e. The molecule has 2 aromatic rings. The summed E-state index contributed by atoms with van der Waals surface area (Å²) in [6.07, 6.45) is 1.59. The Balaban J connectivity index is 2.24. The average Bonchev–Trinajstić information content (AvgIpc) is 2.35. The van der Waals surface area contributed by atoms with Crippen molar-refractivity contribution in [2.24, 2.45) is 0 Å². The average molecular weight is 230 g/mol. The summed E-state index contributed by atoms with van der Waals surface area (Å²) in [5.74, 6) is -1.57. The number of fused-ring (bicyclic) bond motifs is 1. The standard InChI is InChI=1S/C12H10N2O3/c15-11(16)7-14-12(17)10-5-8-3-1-2-4-9(8)6-13-10/h1-6H,7H2,(H,14,17)(H,15,16). The van der Waals surface area contributed by atoms with Crippen LogP contribution in [0.15, 0.2) is 36.5 Å². The summed E-state index contributed by atoms with van der Waals surface area (Å²) in [4.78, 5) is 25.8. The third-order valence-corrected chi connectivity index (χ3v) is 2.26. The van der Waals surface area contributed by atoms with Crippen molar-refractivity contribution in [1.29, 1.82) is 0 Å². The topological polar surface area (TPSA) is 79.3 Å². The van der Waals surface area contributed by atoms with Crippen molar-refractivity contribution in [3.63, 3.8) is 0 Å². The number of benzene rings is 1. The van der Waals surface area contributed by atoms with E-state index in [9.17, 15) is 9.59 Å². The first-order valence-electron chi connectivity index (χ1n) is 5.01. The number of carboxylic acids is 1. The van der Waals surface area contributed by atoms with Crippen LogP contribution in [0, 0.1) is 0 Å². The molecule has 0 unspecified atom stereocenters. The van der Waals surface area contributed by atoms with Crippen LogP contribution < -0.4 is 5.32 Å². The zero-order valence-corrected chi connectivity index (χ0v) is 8.88. The summed E-state index contributed by atoms with van der Waals surface area (Å²) in [6.45, 7) is -0.409. The molecule has 0 atom stereocenters. The van der Waals surface area contributed by atoms with Gasteiger partial charge in [0.1, 0.15) is 12.2 Å². The van der Waals surface area contributed by atoms with E-state index in [2.05, 4.69) is 10.3 Å². The van der Waals surface area contributed by atoms with Gasteiger partial charge in [0.2, 0.25) is 0 Å². The SMILES string of the molecule is O=C(O)CNC(=O)c1cc2ccccc2cn1. The first-order chi connectivity index (χ1) is 8.16. The molecule has 1 aromatic carbocycles. The fourth-order valence-corrected chi connectivity index (χ4v) is 1.45. The van der Waals surface area contributed by atoms with Crippen molar-refractivity contribution >= 4 is 22.6 Å². The molecule has 0 saturated carbocycles. The van der Waals surface area contributed by atoms with Gasteiger partial charge in [-0.3, -0.25) is 14.6 Å². The van der Waals surface area contributed by atoms with Crippen LogP contribution in [0.5, 0.6) is 0 Å². The molecule has 0 bridgehead atoms. The number of nitrogens with one attached hydrogen (secondary N) is 1. The van der Waals surface area contributed by atoms with E-state index in [4.69, 9.17) is 5.11 Å². The van der Waals surface area contributed by atoms with Crippen LogP contribution >= 0.6 is 0 Å². The lowest BCUT2D eigenvalue weighted by Gasteiger charge is -2.03. The lowest BCUT2D eigenvalue weighted by atomic mass is 10.1. The zero-order valence-electron chi connectivity index (χ0n) is 8.88. The predicted molar refractivity (Wildman–Crippen MR) is 61.7 cm³/mol. The fourth-order valence-electron chi connectivity index (χ4n) is 1.45. The normalized spacial score (nSPS) is 10.1. The second kappa shape index (κ2) is 4.61. The van der Waals surface area contributed by atoms with Gasteiger partial charge >= 0.3 is 5.97 Å². The van der Waals surface area contributed by atoms with Gasteiger partial charge in [-0.2, -0.15) is 0 Å². The number of aliphatic carboxylic acids is 1. The molecule has 1 aromatic heterocycles. The highest BCUT2D eigenvalue weighted by Crippen LogP contribution is 2.13. The molecule has 0 radical (unpaired) electrons. The van der Waals surface area contributed by atoms with Crippen LogP contribution in [0.4, 0.5) is 0 Å². The number of pyridine rings is 1. The number of carbonyl (C=O) groups is 2. The first kappa shape index (κ1) is 11.1. The van der Waals surface area contributed by atoms with Crippen LogP contribution in [0.3, 0.4) is 0 Å². The molecule has 2 rings (SSSR count). The fraction of sp³-hybridized carbons (Fsp3) is 0.0833. The Morgan fingerprint density at radius 1 is 1.24 bits per heavy atom. The van der Waals surface area contributed by atoms with Gasteiger partial charge in [-0.1, -0.05) is 24.3 Å². The number of carbonyl (C=O) groups excluding carboxylic acids is 1. The predicted octanol–water partition coefficient (Wildman–Crippen LogP) is 1.05. The molecule has 0 fully saturated rings. The number of hydrogen-bond acceptors (Lipinski definition) is 3.